The van der Waals surface area contributed by atoms with E-state index in [1.165, 1.54) is 6.33 Å². The zero-order chi connectivity index (χ0) is 14.5. The van der Waals surface area contributed by atoms with Crippen LogP contribution in [0.4, 0.5) is 5.82 Å². The van der Waals surface area contributed by atoms with Gasteiger partial charge in [0.15, 0.2) is 11.5 Å². The Labute approximate surface area is 118 Å². The fraction of sp³-hybridized carbons (Fsp3) is 0.615. The Morgan fingerprint density at radius 3 is 2.80 bits per heavy atom. The van der Waals surface area contributed by atoms with Gasteiger partial charge in [0.25, 0.3) is 0 Å². The van der Waals surface area contributed by atoms with Crippen LogP contribution in [0.3, 0.4) is 0 Å². The first-order valence-electron chi connectivity index (χ1n) is 6.62. The van der Waals surface area contributed by atoms with E-state index in [1.54, 1.807) is 20.5 Å². The maximum Gasteiger partial charge on any atom is 0.165 e. The molecule has 2 N–H and O–H groups in total. The summed E-state index contributed by atoms with van der Waals surface area (Å²) >= 11 is 0. The average molecular weight is 279 g/mol. The molecule has 0 aromatic carbocycles. The molecule has 7 nitrogen and oxygen atoms in total. The normalized spacial score (nSPS) is 14.6. The molecule has 2 aromatic rings. The molecule has 2 heterocycles. The molecule has 0 spiro atoms. The Morgan fingerprint density at radius 2 is 2.10 bits per heavy atom. The zero-order valence-electron chi connectivity index (χ0n) is 12.1. The van der Waals surface area contributed by atoms with Gasteiger partial charge < -0.3 is 19.8 Å². The summed E-state index contributed by atoms with van der Waals surface area (Å²) in [7, 11) is 3.41. The van der Waals surface area contributed by atoms with Crippen molar-refractivity contribution in [2.45, 2.75) is 31.9 Å². The van der Waals surface area contributed by atoms with E-state index in [4.69, 9.17) is 15.2 Å². The third-order valence-electron chi connectivity index (χ3n) is 3.44. The van der Waals surface area contributed by atoms with Crippen molar-refractivity contribution < 1.29 is 9.47 Å². The molecule has 0 bridgehead atoms. The van der Waals surface area contributed by atoms with Crippen LogP contribution in [0.5, 0.6) is 0 Å². The second kappa shape index (κ2) is 6.62. The number of imidazole rings is 1. The summed E-state index contributed by atoms with van der Waals surface area (Å²) < 4.78 is 12.6. The summed E-state index contributed by atoms with van der Waals surface area (Å²) in [6.07, 6.45) is 5.09. The number of ether oxygens (including phenoxy) is 2. The molecule has 0 saturated carbocycles. The van der Waals surface area contributed by atoms with E-state index in [2.05, 4.69) is 15.0 Å². The lowest BCUT2D eigenvalue weighted by Crippen LogP contribution is -2.18. The van der Waals surface area contributed by atoms with Gasteiger partial charge in [0.2, 0.25) is 0 Å². The fourth-order valence-corrected chi connectivity index (χ4v) is 2.24. The van der Waals surface area contributed by atoms with Crippen molar-refractivity contribution in [1.82, 2.24) is 19.5 Å². The molecule has 110 valence electrons. The van der Waals surface area contributed by atoms with Gasteiger partial charge in [-0.25, -0.2) is 15.0 Å². The van der Waals surface area contributed by atoms with Gasteiger partial charge >= 0.3 is 0 Å². The van der Waals surface area contributed by atoms with Crippen LogP contribution in [-0.2, 0) is 9.47 Å². The Morgan fingerprint density at radius 1 is 1.30 bits per heavy atom. The average Bonchev–Trinajstić information content (AvgIpc) is 2.88. The second-order valence-electron chi connectivity index (χ2n) is 4.80. The first kappa shape index (κ1) is 14.7. The summed E-state index contributed by atoms with van der Waals surface area (Å²) in [5.74, 6) is 0.402. The minimum absolute atomic E-state index is 0.147. The number of nitrogens with zero attached hydrogens (tertiary/aromatic N) is 4. The Balaban J connectivity index is 2.32. The van der Waals surface area contributed by atoms with E-state index < -0.39 is 0 Å². The molecule has 2 unspecified atom stereocenters. The van der Waals surface area contributed by atoms with E-state index in [0.29, 0.717) is 17.9 Å². The third-order valence-corrected chi connectivity index (χ3v) is 3.44. The number of methoxy groups -OCH3 is 2. The molecule has 0 fully saturated rings. The van der Waals surface area contributed by atoms with Gasteiger partial charge in [0, 0.05) is 26.9 Å². The van der Waals surface area contributed by atoms with E-state index in [0.717, 1.165) is 18.5 Å². The Hall–Kier alpha value is -1.73. The molecule has 0 radical (unpaired) electrons. The van der Waals surface area contributed by atoms with Crippen LogP contribution in [0.25, 0.3) is 11.2 Å². The minimum atomic E-state index is 0.147. The van der Waals surface area contributed by atoms with Crippen molar-refractivity contribution in [1.29, 1.82) is 0 Å². The highest BCUT2D eigenvalue weighted by Crippen LogP contribution is 2.25. The van der Waals surface area contributed by atoms with Gasteiger partial charge in [-0.1, -0.05) is 0 Å². The SMILES string of the molecule is COCCC(CC(C)OC)n1cnc2c(N)ncnc21. The van der Waals surface area contributed by atoms with Crippen LogP contribution in [0.15, 0.2) is 12.7 Å². The van der Waals surface area contributed by atoms with Crippen LogP contribution < -0.4 is 5.73 Å². The number of fused-ring (bicyclic) bond motifs is 1. The third kappa shape index (κ3) is 3.05. The summed E-state index contributed by atoms with van der Waals surface area (Å²) in [6.45, 7) is 2.71. The molecule has 20 heavy (non-hydrogen) atoms. The Kier molecular flexibility index (Phi) is 4.86. The second-order valence-corrected chi connectivity index (χ2v) is 4.80. The molecular formula is C13H21N5O2. The number of nitrogens with two attached hydrogens (primary N) is 1. The van der Waals surface area contributed by atoms with Gasteiger partial charge in [0.1, 0.15) is 11.8 Å². The van der Waals surface area contributed by atoms with E-state index in [9.17, 15) is 0 Å². The van der Waals surface area contributed by atoms with Crippen molar-refractivity contribution in [3.63, 3.8) is 0 Å². The van der Waals surface area contributed by atoms with Crippen LogP contribution in [0.1, 0.15) is 25.8 Å². The van der Waals surface area contributed by atoms with Crippen LogP contribution in [-0.4, -0.2) is 46.4 Å². The van der Waals surface area contributed by atoms with Gasteiger partial charge in [-0.3, -0.25) is 0 Å². The van der Waals surface area contributed by atoms with Gasteiger partial charge in [-0.2, -0.15) is 0 Å². The Bertz CT molecular complexity index is 557. The van der Waals surface area contributed by atoms with Crippen molar-refractivity contribution >= 4 is 17.0 Å². The highest BCUT2D eigenvalue weighted by molar-refractivity contribution is 5.81. The molecule has 2 rings (SSSR count). The first-order valence-corrected chi connectivity index (χ1v) is 6.62. The minimum Gasteiger partial charge on any atom is -0.385 e. The quantitative estimate of drug-likeness (QED) is 0.824. The lowest BCUT2D eigenvalue weighted by atomic mass is 10.1. The summed E-state index contributed by atoms with van der Waals surface area (Å²) in [5, 5.41) is 0. The topological polar surface area (TPSA) is 88.1 Å². The molecular weight excluding hydrogens is 258 g/mol. The maximum atomic E-state index is 5.82. The smallest absolute Gasteiger partial charge is 0.165 e. The monoisotopic (exact) mass is 279 g/mol. The largest absolute Gasteiger partial charge is 0.385 e. The molecule has 0 saturated heterocycles. The molecule has 2 aromatic heterocycles. The van der Waals surface area contributed by atoms with Gasteiger partial charge in [0.05, 0.1) is 12.4 Å². The summed E-state index contributed by atoms with van der Waals surface area (Å²) in [5.41, 5.74) is 7.21. The number of nitrogen functional groups attached to an aromatic ring is 1. The molecule has 2 atom stereocenters. The fourth-order valence-electron chi connectivity index (χ4n) is 2.24. The van der Waals surface area contributed by atoms with Crippen molar-refractivity contribution in [3.8, 4) is 0 Å². The molecule has 0 aliphatic rings. The van der Waals surface area contributed by atoms with E-state index in [-0.39, 0.29) is 12.1 Å². The maximum absolute atomic E-state index is 5.82. The van der Waals surface area contributed by atoms with Crippen molar-refractivity contribution in [3.05, 3.63) is 12.7 Å². The zero-order valence-corrected chi connectivity index (χ0v) is 12.1. The lowest BCUT2D eigenvalue weighted by molar-refractivity contribution is 0.0883. The number of hydrogen-bond acceptors (Lipinski definition) is 6. The van der Waals surface area contributed by atoms with Crippen molar-refractivity contribution in [2.24, 2.45) is 0 Å². The standard InChI is InChI=1S/C13H21N5O2/c1-9(20-3)6-10(4-5-19-2)18-8-17-11-12(14)15-7-16-13(11)18/h7-10H,4-6H2,1-3H3,(H2,14,15,16). The molecule has 0 amide bonds. The van der Waals surface area contributed by atoms with Crippen LogP contribution in [0, 0.1) is 0 Å². The first-order chi connectivity index (χ1) is 9.67. The van der Waals surface area contributed by atoms with Gasteiger partial charge in [-0.05, 0) is 19.8 Å². The summed E-state index contributed by atoms with van der Waals surface area (Å²) in [6, 6.07) is 0.198. The molecule has 0 aliphatic heterocycles. The number of aromatic nitrogens is 4. The van der Waals surface area contributed by atoms with Crippen LogP contribution >= 0.6 is 0 Å². The highest BCUT2D eigenvalue weighted by Gasteiger charge is 2.19. The van der Waals surface area contributed by atoms with Crippen LogP contribution in [0.2, 0.25) is 0 Å². The predicted octanol–water partition coefficient (Wildman–Crippen LogP) is 1.41. The van der Waals surface area contributed by atoms with Crippen molar-refractivity contribution in [2.75, 3.05) is 26.6 Å². The number of anilines is 1. The van der Waals surface area contributed by atoms with Gasteiger partial charge in [-0.15, -0.1) is 0 Å². The number of rotatable bonds is 7. The van der Waals surface area contributed by atoms with E-state index >= 15 is 0 Å². The van der Waals surface area contributed by atoms with E-state index in [1.807, 2.05) is 11.5 Å². The highest BCUT2D eigenvalue weighted by atomic mass is 16.5. The lowest BCUT2D eigenvalue weighted by Gasteiger charge is -2.21. The summed E-state index contributed by atoms with van der Waals surface area (Å²) in [4.78, 5) is 12.6. The predicted molar refractivity (Wildman–Crippen MR) is 76.4 cm³/mol. The molecule has 0 aliphatic carbocycles. The molecule has 7 heteroatoms. The number of hydrogen-bond donors (Lipinski definition) is 1.